The highest BCUT2D eigenvalue weighted by atomic mass is 19.4. The average molecular weight is 513 g/mol. The number of anilines is 2. The SMILES string of the molecule is C[C@H](N(c1nc(C#CC2(C(F)F)CC2)nc(N[C@H](C)C(F)(F)F)n1)[C@H](C)C(F)(F)F)C(F)(F)F. The van der Waals surface area contributed by atoms with Crippen LogP contribution in [0.2, 0.25) is 0 Å². The van der Waals surface area contributed by atoms with Gasteiger partial charge in [0.05, 0.1) is 5.41 Å². The van der Waals surface area contributed by atoms with Crippen molar-refractivity contribution in [2.45, 2.75) is 76.7 Å². The van der Waals surface area contributed by atoms with E-state index < -0.39 is 66.2 Å². The van der Waals surface area contributed by atoms with Gasteiger partial charge in [0, 0.05) is 0 Å². The molecule has 5 nitrogen and oxygen atoms in total. The number of aromatic nitrogens is 3. The van der Waals surface area contributed by atoms with E-state index in [1.165, 1.54) is 0 Å². The summed E-state index contributed by atoms with van der Waals surface area (Å²) in [4.78, 5) is 9.92. The Balaban J connectivity index is 2.65. The molecule has 1 N–H and O–H groups in total. The molecule has 1 aliphatic carbocycles. The maximum atomic E-state index is 13.3. The average Bonchev–Trinajstić information content (AvgIpc) is 3.45. The van der Waals surface area contributed by atoms with Gasteiger partial charge in [0.15, 0.2) is 0 Å². The van der Waals surface area contributed by atoms with E-state index in [2.05, 4.69) is 20.9 Å². The van der Waals surface area contributed by atoms with Crippen LogP contribution in [0.1, 0.15) is 39.4 Å². The molecule has 0 aromatic carbocycles. The molecule has 192 valence electrons. The van der Waals surface area contributed by atoms with Gasteiger partial charge < -0.3 is 10.2 Å². The van der Waals surface area contributed by atoms with Crippen LogP contribution in [0.5, 0.6) is 0 Å². The minimum absolute atomic E-state index is 0.0336. The molecule has 34 heavy (non-hydrogen) atoms. The van der Waals surface area contributed by atoms with Gasteiger partial charge >= 0.3 is 18.5 Å². The monoisotopic (exact) mass is 513 g/mol. The van der Waals surface area contributed by atoms with Crippen LogP contribution in [0.15, 0.2) is 0 Å². The zero-order valence-electron chi connectivity index (χ0n) is 17.7. The predicted molar refractivity (Wildman–Crippen MR) is 97.0 cm³/mol. The molecule has 3 atom stereocenters. The number of nitrogens with zero attached hydrogens (tertiary/aromatic N) is 4. The van der Waals surface area contributed by atoms with E-state index in [1.807, 2.05) is 5.92 Å². The summed E-state index contributed by atoms with van der Waals surface area (Å²) in [5.41, 5.74) is -1.75. The van der Waals surface area contributed by atoms with Gasteiger partial charge in [-0.3, -0.25) is 0 Å². The molecule has 0 spiro atoms. The van der Waals surface area contributed by atoms with Crippen LogP contribution >= 0.6 is 0 Å². The molecular weight excluding hydrogens is 495 g/mol. The quantitative estimate of drug-likeness (QED) is 0.411. The molecule has 1 aromatic rings. The second kappa shape index (κ2) is 9.21. The zero-order valence-corrected chi connectivity index (χ0v) is 17.7. The highest BCUT2D eigenvalue weighted by Crippen LogP contribution is 2.50. The molecule has 0 amide bonds. The van der Waals surface area contributed by atoms with Crippen molar-refractivity contribution >= 4 is 11.9 Å². The predicted octanol–water partition coefficient (Wildman–Crippen LogP) is 5.34. The first-order chi connectivity index (χ1) is 15.3. The smallest absolute Gasteiger partial charge is 0.343 e. The Labute approximate surface area is 186 Å². The van der Waals surface area contributed by atoms with Crippen molar-refractivity contribution in [3.63, 3.8) is 0 Å². The lowest BCUT2D eigenvalue weighted by molar-refractivity contribution is -0.169. The first-order valence-corrected chi connectivity index (χ1v) is 9.60. The lowest BCUT2D eigenvalue weighted by atomic mass is 10.1. The Bertz CT molecular complexity index is 905. The van der Waals surface area contributed by atoms with Crippen molar-refractivity contribution in [3.05, 3.63) is 5.82 Å². The van der Waals surface area contributed by atoms with Gasteiger partial charge in [-0.05, 0) is 39.5 Å². The van der Waals surface area contributed by atoms with Gasteiger partial charge in [0.1, 0.15) is 18.1 Å². The number of nitrogens with one attached hydrogen (secondary N) is 1. The third-order valence-electron chi connectivity index (χ3n) is 5.10. The summed E-state index contributed by atoms with van der Waals surface area (Å²) in [5.74, 6) is 0.955. The molecule has 1 aliphatic rings. The van der Waals surface area contributed by atoms with E-state index in [9.17, 15) is 48.3 Å². The van der Waals surface area contributed by atoms with Crippen LogP contribution < -0.4 is 10.2 Å². The van der Waals surface area contributed by atoms with Crippen LogP contribution in [-0.2, 0) is 0 Å². The van der Waals surface area contributed by atoms with Crippen LogP contribution in [0.25, 0.3) is 0 Å². The van der Waals surface area contributed by atoms with Crippen molar-refractivity contribution in [2.24, 2.45) is 5.41 Å². The molecule has 1 fully saturated rings. The summed E-state index contributed by atoms with van der Waals surface area (Å²) in [6.45, 7) is 1.34. The second-order valence-electron chi connectivity index (χ2n) is 7.74. The molecule has 0 unspecified atom stereocenters. The maximum absolute atomic E-state index is 13.3. The zero-order chi connectivity index (χ0) is 26.3. The molecule has 0 bridgehead atoms. The summed E-state index contributed by atoms with van der Waals surface area (Å²) in [5, 5.41) is 1.72. The van der Waals surface area contributed by atoms with E-state index in [0.29, 0.717) is 20.8 Å². The Kier molecular flexibility index (Phi) is 7.49. The fourth-order valence-corrected chi connectivity index (χ4v) is 2.59. The Morgan fingerprint density at radius 2 is 1.32 bits per heavy atom. The van der Waals surface area contributed by atoms with Gasteiger partial charge in [0.2, 0.25) is 17.7 Å². The number of halogens is 11. The summed E-state index contributed by atoms with van der Waals surface area (Å²) >= 11 is 0. The van der Waals surface area contributed by atoms with Gasteiger partial charge in [-0.1, -0.05) is 5.92 Å². The molecule has 2 rings (SSSR count). The molecule has 0 aliphatic heterocycles. The number of hydrogen-bond acceptors (Lipinski definition) is 5. The van der Waals surface area contributed by atoms with E-state index in [-0.39, 0.29) is 17.7 Å². The van der Waals surface area contributed by atoms with Crippen molar-refractivity contribution < 1.29 is 48.3 Å². The third kappa shape index (κ3) is 6.50. The molecule has 1 heterocycles. The Morgan fingerprint density at radius 1 is 0.824 bits per heavy atom. The van der Waals surface area contributed by atoms with Gasteiger partial charge in [0.25, 0.3) is 6.43 Å². The molecule has 1 saturated carbocycles. The summed E-state index contributed by atoms with van der Waals surface area (Å²) in [6.07, 6.45) is -18.3. The molecular formula is C18H18F11N5. The Hall–Kier alpha value is -2.60. The van der Waals surface area contributed by atoms with Crippen molar-refractivity contribution in [3.8, 4) is 11.8 Å². The minimum atomic E-state index is -5.22. The molecule has 0 radical (unpaired) electrons. The van der Waals surface area contributed by atoms with E-state index >= 15 is 0 Å². The van der Waals surface area contributed by atoms with Crippen molar-refractivity contribution in [1.82, 2.24) is 15.0 Å². The van der Waals surface area contributed by atoms with Crippen LogP contribution in [-0.4, -0.2) is 58.0 Å². The lowest BCUT2D eigenvalue weighted by Crippen LogP contribution is -2.54. The lowest BCUT2D eigenvalue weighted by Gasteiger charge is -2.36. The fourth-order valence-electron chi connectivity index (χ4n) is 2.59. The fraction of sp³-hybridized carbons (Fsp3) is 0.722. The summed E-state index contributed by atoms with van der Waals surface area (Å²) < 4.78 is 145. The highest BCUT2D eigenvalue weighted by Gasteiger charge is 2.51. The number of rotatable bonds is 6. The first-order valence-electron chi connectivity index (χ1n) is 9.60. The highest BCUT2D eigenvalue weighted by molar-refractivity contribution is 5.44. The largest absolute Gasteiger partial charge is 0.408 e. The first kappa shape index (κ1) is 27.6. The Morgan fingerprint density at radius 3 is 1.71 bits per heavy atom. The maximum Gasteiger partial charge on any atom is 0.408 e. The van der Waals surface area contributed by atoms with Gasteiger partial charge in [-0.15, -0.1) is 0 Å². The summed E-state index contributed by atoms with van der Waals surface area (Å²) in [7, 11) is 0. The van der Waals surface area contributed by atoms with Gasteiger partial charge in [-0.2, -0.15) is 54.5 Å². The normalized spacial score (nSPS) is 18.6. The number of alkyl halides is 11. The molecule has 1 aromatic heterocycles. The minimum Gasteiger partial charge on any atom is -0.343 e. The van der Waals surface area contributed by atoms with Crippen LogP contribution in [0.3, 0.4) is 0 Å². The standard InChI is InChI=1S/C18H18F11N5/c1-8(16(21,22)23)30-13-31-11(4-5-15(6-7-15)12(19)20)32-14(33-13)34(9(2)17(24,25)26)10(3)18(27,28)29/h8-10,12H,6-7H2,1-3H3,(H,30,31,32,33)/t8-,9-,10+/m1/s1. The van der Waals surface area contributed by atoms with Crippen molar-refractivity contribution in [1.29, 1.82) is 0 Å². The van der Waals surface area contributed by atoms with Crippen molar-refractivity contribution in [2.75, 3.05) is 10.2 Å². The van der Waals surface area contributed by atoms with E-state index in [0.717, 1.165) is 0 Å². The third-order valence-corrected chi connectivity index (χ3v) is 5.10. The number of hydrogen-bond donors (Lipinski definition) is 1. The van der Waals surface area contributed by atoms with E-state index in [1.54, 1.807) is 5.32 Å². The summed E-state index contributed by atoms with van der Waals surface area (Å²) in [6, 6.07) is -8.04. The van der Waals surface area contributed by atoms with Gasteiger partial charge in [-0.25, -0.2) is 8.78 Å². The topological polar surface area (TPSA) is 53.9 Å². The van der Waals surface area contributed by atoms with E-state index in [4.69, 9.17) is 0 Å². The second-order valence-corrected chi connectivity index (χ2v) is 7.74. The van der Waals surface area contributed by atoms with Crippen LogP contribution in [0.4, 0.5) is 60.2 Å². The molecule has 16 heteroatoms. The van der Waals surface area contributed by atoms with Crippen LogP contribution in [0, 0.1) is 17.3 Å². The molecule has 0 saturated heterocycles.